The summed E-state index contributed by atoms with van der Waals surface area (Å²) in [5, 5.41) is 9.09. The highest BCUT2D eigenvalue weighted by Gasteiger charge is 2.37. The van der Waals surface area contributed by atoms with Gasteiger partial charge < -0.3 is 9.84 Å². The number of hydrogen-bond acceptors (Lipinski definition) is 2. The highest BCUT2D eigenvalue weighted by Crippen LogP contribution is 2.46. The Morgan fingerprint density at radius 2 is 2.36 bits per heavy atom. The van der Waals surface area contributed by atoms with Gasteiger partial charge in [0.1, 0.15) is 0 Å². The standard InChI is InChI=1S/C12H20O2/c1-9(7-13)11-6-5-10(8-14-4)12(11,2)3/h5,11,13H,1,6-8H2,2-4H3. The van der Waals surface area contributed by atoms with Gasteiger partial charge >= 0.3 is 0 Å². The molecule has 2 nitrogen and oxygen atoms in total. The molecule has 0 spiro atoms. The molecule has 0 saturated carbocycles. The largest absolute Gasteiger partial charge is 0.392 e. The van der Waals surface area contributed by atoms with Crippen molar-refractivity contribution < 1.29 is 9.84 Å². The molecule has 1 N–H and O–H groups in total. The lowest BCUT2D eigenvalue weighted by Crippen LogP contribution is -2.25. The summed E-state index contributed by atoms with van der Waals surface area (Å²) in [6, 6.07) is 0. The highest BCUT2D eigenvalue weighted by molar-refractivity contribution is 5.27. The molecule has 0 amide bonds. The lowest BCUT2D eigenvalue weighted by atomic mass is 9.74. The third-order valence-corrected chi connectivity index (χ3v) is 3.29. The van der Waals surface area contributed by atoms with E-state index in [1.165, 1.54) is 5.57 Å². The van der Waals surface area contributed by atoms with Crippen LogP contribution in [0.1, 0.15) is 20.3 Å². The number of rotatable bonds is 4. The van der Waals surface area contributed by atoms with E-state index in [4.69, 9.17) is 9.84 Å². The summed E-state index contributed by atoms with van der Waals surface area (Å²) in [4.78, 5) is 0. The first-order valence-electron chi connectivity index (χ1n) is 5.01. The summed E-state index contributed by atoms with van der Waals surface area (Å²) in [6.07, 6.45) is 3.19. The van der Waals surface area contributed by atoms with Crippen LogP contribution in [-0.2, 0) is 4.74 Å². The van der Waals surface area contributed by atoms with E-state index in [-0.39, 0.29) is 12.0 Å². The van der Waals surface area contributed by atoms with Crippen molar-refractivity contribution in [1.29, 1.82) is 0 Å². The number of hydrogen-bond donors (Lipinski definition) is 1. The molecule has 1 rings (SSSR count). The lowest BCUT2D eigenvalue weighted by molar-refractivity contribution is 0.191. The predicted molar refractivity (Wildman–Crippen MR) is 58.1 cm³/mol. The Hall–Kier alpha value is -0.600. The van der Waals surface area contributed by atoms with Gasteiger partial charge in [-0.1, -0.05) is 26.5 Å². The molecular formula is C12H20O2. The fraction of sp³-hybridized carbons (Fsp3) is 0.667. The first-order valence-corrected chi connectivity index (χ1v) is 5.01. The van der Waals surface area contributed by atoms with Crippen LogP contribution in [0, 0.1) is 11.3 Å². The third-order valence-electron chi connectivity index (χ3n) is 3.29. The molecule has 1 unspecified atom stereocenters. The fourth-order valence-electron chi connectivity index (χ4n) is 2.23. The number of aliphatic hydroxyl groups is 1. The molecule has 0 aromatic rings. The summed E-state index contributed by atoms with van der Waals surface area (Å²) < 4.78 is 5.16. The second-order valence-corrected chi connectivity index (χ2v) is 4.49. The molecular weight excluding hydrogens is 176 g/mol. The van der Waals surface area contributed by atoms with Crippen molar-refractivity contribution in [2.45, 2.75) is 20.3 Å². The molecule has 0 radical (unpaired) electrons. The zero-order chi connectivity index (χ0) is 10.8. The zero-order valence-electron chi connectivity index (χ0n) is 9.34. The summed E-state index contributed by atoms with van der Waals surface area (Å²) >= 11 is 0. The van der Waals surface area contributed by atoms with Crippen molar-refractivity contribution in [3.8, 4) is 0 Å². The van der Waals surface area contributed by atoms with E-state index in [9.17, 15) is 0 Å². The van der Waals surface area contributed by atoms with Crippen molar-refractivity contribution in [1.82, 2.24) is 0 Å². The normalized spacial score (nSPS) is 24.9. The average molecular weight is 196 g/mol. The van der Waals surface area contributed by atoms with Gasteiger partial charge in [0.2, 0.25) is 0 Å². The molecule has 0 fully saturated rings. The Labute approximate surface area is 86.3 Å². The lowest BCUT2D eigenvalue weighted by Gasteiger charge is -2.31. The minimum Gasteiger partial charge on any atom is -0.392 e. The molecule has 0 aromatic carbocycles. The molecule has 1 atom stereocenters. The minimum absolute atomic E-state index is 0.0792. The number of aliphatic hydroxyl groups excluding tert-OH is 1. The zero-order valence-corrected chi connectivity index (χ0v) is 9.34. The molecule has 1 aliphatic rings. The van der Waals surface area contributed by atoms with Gasteiger partial charge in [0.05, 0.1) is 13.2 Å². The van der Waals surface area contributed by atoms with Crippen LogP contribution in [0.4, 0.5) is 0 Å². The Balaban J connectivity index is 2.76. The maximum absolute atomic E-state index is 9.09. The molecule has 14 heavy (non-hydrogen) atoms. The second kappa shape index (κ2) is 4.28. The first-order chi connectivity index (χ1) is 6.54. The molecule has 0 aliphatic heterocycles. The van der Waals surface area contributed by atoms with Crippen molar-refractivity contribution in [2.75, 3.05) is 20.3 Å². The Morgan fingerprint density at radius 3 is 2.86 bits per heavy atom. The average Bonchev–Trinajstić information content (AvgIpc) is 2.42. The summed E-state index contributed by atoms with van der Waals surface area (Å²) in [5.74, 6) is 0.359. The highest BCUT2D eigenvalue weighted by atomic mass is 16.5. The molecule has 0 aromatic heterocycles. The molecule has 1 aliphatic carbocycles. The van der Waals surface area contributed by atoms with Gasteiger partial charge in [-0.15, -0.1) is 0 Å². The summed E-state index contributed by atoms with van der Waals surface area (Å²) in [6.45, 7) is 9.07. The third kappa shape index (κ3) is 1.91. The second-order valence-electron chi connectivity index (χ2n) is 4.49. The molecule has 80 valence electrons. The van der Waals surface area contributed by atoms with Crippen molar-refractivity contribution >= 4 is 0 Å². The van der Waals surface area contributed by atoms with Crippen LogP contribution in [0.25, 0.3) is 0 Å². The number of allylic oxidation sites excluding steroid dienone is 1. The fourth-order valence-corrected chi connectivity index (χ4v) is 2.23. The number of methoxy groups -OCH3 is 1. The van der Waals surface area contributed by atoms with Gasteiger partial charge in [0, 0.05) is 7.11 Å². The molecule has 0 saturated heterocycles. The van der Waals surface area contributed by atoms with Crippen LogP contribution < -0.4 is 0 Å². The topological polar surface area (TPSA) is 29.5 Å². The molecule has 2 heteroatoms. The Bertz CT molecular complexity index is 251. The number of ether oxygens (including phenoxy) is 1. The van der Waals surface area contributed by atoms with E-state index in [1.54, 1.807) is 7.11 Å². The molecule has 0 heterocycles. The monoisotopic (exact) mass is 196 g/mol. The van der Waals surface area contributed by atoms with Crippen molar-refractivity contribution in [3.63, 3.8) is 0 Å². The summed E-state index contributed by atoms with van der Waals surface area (Å²) in [7, 11) is 1.71. The van der Waals surface area contributed by atoms with Gasteiger partial charge in [-0.25, -0.2) is 0 Å². The van der Waals surface area contributed by atoms with Crippen LogP contribution in [0.15, 0.2) is 23.8 Å². The van der Waals surface area contributed by atoms with Crippen LogP contribution in [0.2, 0.25) is 0 Å². The molecule has 0 bridgehead atoms. The van der Waals surface area contributed by atoms with Gasteiger partial charge in [0.25, 0.3) is 0 Å². The SMILES string of the molecule is C=C(CO)C1CC=C(COC)C1(C)C. The van der Waals surface area contributed by atoms with E-state index in [1.807, 2.05) is 0 Å². The van der Waals surface area contributed by atoms with Crippen LogP contribution in [-0.4, -0.2) is 25.4 Å². The van der Waals surface area contributed by atoms with E-state index >= 15 is 0 Å². The van der Waals surface area contributed by atoms with Gasteiger partial charge in [0.15, 0.2) is 0 Å². The smallest absolute Gasteiger partial charge is 0.0678 e. The summed E-state index contributed by atoms with van der Waals surface area (Å²) in [5.41, 5.74) is 2.33. The van der Waals surface area contributed by atoms with E-state index in [2.05, 4.69) is 26.5 Å². The van der Waals surface area contributed by atoms with Crippen LogP contribution in [0.5, 0.6) is 0 Å². The van der Waals surface area contributed by atoms with E-state index in [0.717, 1.165) is 12.0 Å². The maximum atomic E-state index is 9.09. The van der Waals surface area contributed by atoms with Gasteiger partial charge in [-0.3, -0.25) is 0 Å². The quantitative estimate of drug-likeness (QED) is 0.698. The first kappa shape index (κ1) is 11.5. The van der Waals surface area contributed by atoms with Gasteiger partial charge in [-0.2, -0.15) is 0 Å². The maximum Gasteiger partial charge on any atom is 0.0678 e. The van der Waals surface area contributed by atoms with Gasteiger partial charge in [-0.05, 0) is 28.9 Å². The Morgan fingerprint density at radius 1 is 1.71 bits per heavy atom. The predicted octanol–water partition coefficient (Wildman–Crippen LogP) is 2.15. The van der Waals surface area contributed by atoms with Crippen LogP contribution in [0.3, 0.4) is 0 Å². The van der Waals surface area contributed by atoms with Crippen LogP contribution >= 0.6 is 0 Å². The van der Waals surface area contributed by atoms with Crippen molar-refractivity contribution in [3.05, 3.63) is 23.8 Å². The van der Waals surface area contributed by atoms with E-state index < -0.39 is 0 Å². The van der Waals surface area contributed by atoms with Crippen molar-refractivity contribution in [2.24, 2.45) is 11.3 Å². The minimum atomic E-state index is 0.0792. The Kier molecular flexibility index (Phi) is 3.51. The van der Waals surface area contributed by atoms with E-state index in [0.29, 0.717) is 12.5 Å².